The second-order valence-corrected chi connectivity index (χ2v) is 7.81. The number of rotatable bonds is 8. The van der Waals surface area contributed by atoms with E-state index in [1.54, 1.807) is 24.3 Å². The van der Waals surface area contributed by atoms with Crippen LogP contribution in [0.4, 0.5) is 0 Å². The van der Waals surface area contributed by atoms with Crippen LogP contribution in [0.5, 0.6) is 5.75 Å². The molecule has 1 N–H and O–H groups in total. The Morgan fingerprint density at radius 2 is 1.64 bits per heavy atom. The standard InChI is InChI=1S/C19H27NO5/c1-18(2,3)13-19(4,5)20-16(22)11-25-17(23)12-24-15-8-6-14(10-21)7-9-15/h6-10H,11-13H2,1-5H3,(H,20,22). The molecule has 0 aliphatic carbocycles. The first-order chi connectivity index (χ1) is 11.5. The van der Waals surface area contributed by atoms with Crippen molar-refractivity contribution in [3.63, 3.8) is 0 Å². The number of aldehydes is 1. The van der Waals surface area contributed by atoms with E-state index in [1.165, 1.54) is 0 Å². The minimum Gasteiger partial charge on any atom is -0.482 e. The van der Waals surface area contributed by atoms with E-state index in [4.69, 9.17) is 9.47 Å². The molecule has 0 atom stereocenters. The lowest BCUT2D eigenvalue weighted by Crippen LogP contribution is -2.47. The smallest absolute Gasteiger partial charge is 0.344 e. The molecule has 0 bridgehead atoms. The van der Waals surface area contributed by atoms with Gasteiger partial charge in [-0.3, -0.25) is 9.59 Å². The molecule has 0 aliphatic rings. The van der Waals surface area contributed by atoms with Gasteiger partial charge in [0.2, 0.25) is 0 Å². The summed E-state index contributed by atoms with van der Waals surface area (Å²) in [6.45, 7) is 9.51. The normalized spacial score (nSPS) is 11.6. The maximum Gasteiger partial charge on any atom is 0.344 e. The number of ether oxygens (including phenoxy) is 2. The van der Waals surface area contributed by atoms with Crippen LogP contribution in [0.25, 0.3) is 0 Å². The quantitative estimate of drug-likeness (QED) is 0.576. The molecule has 0 aliphatic heterocycles. The van der Waals surface area contributed by atoms with E-state index in [0.29, 0.717) is 11.3 Å². The fraction of sp³-hybridized carbons (Fsp3) is 0.526. The summed E-state index contributed by atoms with van der Waals surface area (Å²) in [7, 11) is 0. The first-order valence-electron chi connectivity index (χ1n) is 8.15. The van der Waals surface area contributed by atoms with Crippen molar-refractivity contribution in [3.05, 3.63) is 29.8 Å². The van der Waals surface area contributed by atoms with Crippen LogP contribution >= 0.6 is 0 Å². The van der Waals surface area contributed by atoms with Crippen LogP contribution in [0.3, 0.4) is 0 Å². The van der Waals surface area contributed by atoms with Crippen LogP contribution in [-0.2, 0) is 14.3 Å². The third-order valence-electron chi connectivity index (χ3n) is 3.19. The molecule has 0 aromatic heterocycles. The van der Waals surface area contributed by atoms with Crippen molar-refractivity contribution >= 4 is 18.2 Å². The van der Waals surface area contributed by atoms with E-state index in [-0.39, 0.29) is 24.5 Å². The van der Waals surface area contributed by atoms with Gasteiger partial charge in [-0.1, -0.05) is 20.8 Å². The van der Waals surface area contributed by atoms with Gasteiger partial charge in [-0.2, -0.15) is 0 Å². The van der Waals surface area contributed by atoms with E-state index < -0.39 is 11.5 Å². The molecule has 0 saturated heterocycles. The Labute approximate surface area is 148 Å². The molecule has 1 aromatic carbocycles. The Morgan fingerprint density at radius 3 is 2.16 bits per heavy atom. The van der Waals surface area contributed by atoms with Crippen molar-refractivity contribution in [2.45, 2.75) is 46.6 Å². The van der Waals surface area contributed by atoms with Crippen molar-refractivity contribution in [1.29, 1.82) is 0 Å². The summed E-state index contributed by atoms with van der Waals surface area (Å²) in [6.07, 6.45) is 1.51. The number of carbonyl (C=O) groups is 3. The summed E-state index contributed by atoms with van der Waals surface area (Å²) >= 11 is 0. The zero-order valence-corrected chi connectivity index (χ0v) is 15.5. The number of hydrogen-bond donors (Lipinski definition) is 1. The predicted molar refractivity (Wildman–Crippen MR) is 94.6 cm³/mol. The molecule has 0 saturated carbocycles. The Morgan fingerprint density at radius 1 is 1.04 bits per heavy atom. The molecule has 6 nitrogen and oxygen atoms in total. The van der Waals surface area contributed by atoms with E-state index in [2.05, 4.69) is 26.1 Å². The number of carbonyl (C=O) groups excluding carboxylic acids is 3. The van der Waals surface area contributed by atoms with Crippen molar-refractivity contribution in [2.75, 3.05) is 13.2 Å². The summed E-state index contributed by atoms with van der Waals surface area (Å²) < 4.78 is 10.2. The molecule has 0 spiro atoms. The molecule has 0 unspecified atom stereocenters. The van der Waals surface area contributed by atoms with Crippen LogP contribution in [0.15, 0.2) is 24.3 Å². The van der Waals surface area contributed by atoms with Gasteiger partial charge in [-0.05, 0) is 49.9 Å². The second-order valence-electron chi connectivity index (χ2n) is 7.81. The second kappa shape index (κ2) is 8.65. The maximum atomic E-state index is 11.9. The molecular weight excluding hydrogens is 322 g/mol. The first kappa shape index (κ1) is 20.7. The van der Waals surface area contributed by atoms with Gasteiger partial charge >= 0.3 is 5.97 Å². The molecule has 0 radical (unpaired) electrons. The summed E-state index contributed by atoms with van der Waals surface area (Å²) in [6, 6.07) is 6.33. The molecule has 6 heteroatoms. The van der Waals surface area contributed by atoms with Gasteiger partial charge in [0.25, 0.3) is 5.91 Å². The summed E-state index contributed by atoms with van der Waals surface area (Å²) in [4.78, 5) is 34.1. The van der Waals surface area contributed by atoms with Gasteiger partial charge in [0.15, 0.2) is 13.2 Å². The Bertz CT molecular complexity index is 599. The molecule has 1 aromatic rings. The largest absolute Gasteiger partial charge is 0.482 e. The van der Waals surface area contributed by atoms with Crippen molar-refractivity contribution in [3.8, 4) is 5.75 Å². The molecular formula is C19H27NO5. The van der Waals surface area contributed by atoms with Crippen molar-refractivity contribution in [2.24, 2.45) is 5.41 Å². The molecule has 1 amide bonds. The van der Waals surface area contributed by atoms with Crippen LogP contribution in [0.1, 0.15) is 51.4 Å². The highest BCUT2D eigenvalue weighted by Gasteiger charge is 2.27. The fourth-order valence-corrected chi connectivity index (χ4v) is 2.76. The van der Waals surface area contributed by atoms with Gasteiger partial charge in [0.05, 0.1) is 0 Å². The van der Waals surface area contributed by atoms with Crippen LogP contribution in [0.2, 0.25) is 0 Å². The molecule has 0 fully saturated rings. The summed E-state index contributed by atoms with van der Waals surface area (Å²) in [5.41, 5.74) is 0.198. The van der Waals surface area contributed by atoms with Gasteiger partial charge < -0.3 is 14.8 Å². The topological polar surface area (TPSA) is 81.7 Å². The third-order valence-corrected chi connectivity index (χ3v) is 3.19. The third kappa shape index (κ3) is 8.88. The van der Waals surface area contributed by atoms with Gasteiger partial charge in [0, 0.05) is 11.1 Å². The number of hydrogen-bond acceptors (Lipinski definition) is 5. The lowest BCUT2D eigenvalue weighted by molar-refractivity contribution is -0.151. The molecule has 1 rings (SSSR count). The number of nitrogens with one attached hydrogen (secondary N) is 1. The van der Waals surface area contributed by atoms with E-state index in [0.717, 1.165) is 12.7 Å². The van der Waals surface area contributed by atoms with Crippen LogP contribution in [-0.4, -0.2) is 36.9 Å². The van der Waals surface area contributed by atoms with Crippen molar-refractivity contribution in [1.82, 2.24) is 5.32 Å². The number of benzene rings is 1. The van der Waals surface area contributed by atoms with Gasteiger partial charge in [0.1, 0.15) is 12.0 Å². The minimum atomic E-state index is -0.636. The monoisotopic (exact) mass is 349 g/mol. The lowest BCUT2D eigenvalue weighted by Gasteiger charge is -2.33. The minimum absolute atomic E-state index is 0.0701. The summed E-state index contributed by atoms with van der Waals surface area (Å²) in [5, 5.41) is 2.86. The zero-order chi connectivity index (χ0) is 19.1. The van der Waals surface area contributed by atoms with Crippen LogP contribution in [0, 0.1) is 5.41 Å². The Balaban J connectivity index is 2.35. The first-order valence-corrected chi connectivity index (χ1v) is 8.15. The number of esters is 1. The van der Waals surface area contributed by atoms with Crippen LogP contribution < -0.4 is 10.1 Å². The SMILES string of the molecule is CC(C)(C)CC(C)(C)NC(=O)COC(=O)COc1ccc(C=O)cc1. The summed E-state index contributed by atoms with van der Waals surface area (Å²) in [5.74, 6) is -0.542. The van der Waals surface area contributed by atoms with Crippen molar-refractivity contribution < 1.29 is 23.9 Å². The zero-order valence-electron chi connectivity index (χ0n) is 15.5. The lowest BCUT2D eigenvalue weighted by atomic mass is 9.82. The molecule has 138 valence electrons. The fourth-order valence-electron chi connectivity index (χ4n) is 2.76. The Hall–Kier alpha value is -2.37. The van der Waals surface area contributed by atoms with E-state index in [1.807, 2.05) is 13.8 Å². The van der Waals surface area contributed by atoms with Gasteiger partial charge in [-0.25, -0.2) is 4.79 Å². The van der Waals surface area contributed by atoms with E-state index in [9.17, 15) is 14.4 Å². The molecule has 25 heavy (non-hydrogen) atoms. The molecule has 0 heterocycles. The maximum absolute atomic E-state index is 11.9. The average Bonchev–Trinajstić information content (AvgIpc) is 2.48. The highest BCUT2D eigenvalue weighted by Crippen LogP contribution is 2.26. The van der Waals surface area contributed by atoms with E-state index >= 15 is 0 Å². The Kier molecular flexibility index (Phi) is 7.15. The highest BCUT2D eigenvalue weighted by atomic mass is 16.6. The highest BCUT2D eigenvalue weighted by molar-refractivity contribution is 5.81. The number of amides is 1. The van der Waals surface area contributed by atoms with Gasteiger partial charge in [-0.15, -0.1) is 0 Å². The average molecular weight is 349 g/mol. The predicted octanol–water partition coefficient (Wildman–Crippen LogP) is 2.75.